The molecule has 0 bridgehead atoms. The van der Waals surface area contributed by atoms with Crippen LogP contribution in [0.1, 0.15) is 51.9 Å². The van der Waals surface area contributed by atoms with E-state index in [2.05, 4.69) is 11.9 Å². The van der Waals surface area contributed by atoms with E-state index in [0.717, 1.165) is 39.8 Å². The molecule has 0 saturated heterocycles. The second-order valence-electron chi connectivity index (χ2n) is 10.3. The van der Waals surface area contributed by atoms with E-state index in [-0.39, 0.29) is 5.78 Å². The number of anilines is 2. The topological polar surface area (TPSA) is 125 Å². The summed E-state index contributed by atoms with van der Waals surface area (Å²) < 4.78 is 0. The number of rotatable bonds is 7. The highest BCUT2D eigenvalue weighted by Gasteiger charge is 2.40. The van der Waals surface area contributed by atoms with Crippen molar-refractivity contribution in [1.82, 2.24) is 4.98 Å². The molecule has 6 rings (SSSR count). The quantitative estimate of drug-likeness (QED) is 0.164. The maximum atomic E-state index is 15.0. The van der Waals surface area contributed by atoms with Crippen LogP contribution >= 0.6 is 0 Å². The fourth-order valence-electron chi connectivity index (χ4n) is 6.15. The Hall–Kier alpha value is -5.23. The molecular formula is C35H30N4O2. The number of benzene rings is 4. The number of primary amides is 1. The SMILES string of the molecule is CCCc1c(N)c(-c2ccc(N)nc2)c(C(=O)c2ccccc2-c2ccccc2)c2c1C(C(N)=O)c1ccccc1-2. The molecule has 41 heavy (non-hydrogen) atoms. The highest BCUT2D eigenvalue weighted by molar-refractivity contribution is 6.22. The van der Waals surface area contributed by atoms with Crippen molar-refractivity contribution in [3.05, 3.63) is 125 Å². The maximum Gasteiger partial charge on any atom is 0.229 e. The summed E-state index contributed by atoms with van der Waals surface area (Å²) in [4.78, 5) is 32.3. The fraction of sp³-hybridized carbons (Fsp3) is 0.114. The van der Waals surface area contributed by atoms with Gasteiger partial charge in [0.15, 0.2) is 5.78 Å². The van der Waals surface area contributed by atoms with Gasteiger partial charge < -0.3 is 17.2 Å². The van der Waals surface area contributed by atoms with Crippen molar-refractivity contribution in [2.24, 2.45) is 5.73 Å². The molecule has 6 nitrogen and oxygen atoms in total. The molecule has 6 N–H and O–H groups in total. The molecule has 0 aliphatic heterocycles. The van der Waals surface area contributed by atoms with Gasteiger partial charge in [0.25, 0.3) is 0 Å². The Bertz CT molecular complexity index is 1810. The lowest BCUT2D eigenvalue weighted by Gasteiger charge is -2.24. The molecule has 5 aromatic rings. The van der Waals surface area contributed by atoms with Gasteiger partial charge in [-0.2, -0.15) is 0 Å². The predicted octanol–water partition coefficient (Wildman–Crippen LogP) is 6.36. The first-order valence-corrected chi connectivity index (χ1v) is 13.7. The van der Waals surface area contributed by atoms with Gasteiger partial charge in [0.05, 0.1) is 5.92 Å². The maximum absolute atomic E-state index is 15.0. The third-order valence-corrected chi connectivity index (χ3v) is 7.86. The number of nitrogen functional groups attached to an aromatic ring is 2. The number of amides is 1. The van der Waals surface area contributed by atoms with Crippen molar-refractivity contribution >= 4 is 23.2 Å². The molecule has 0 saturated carbocycles. The van der Waals surface area contributed by atoms with Gasteiger partial charge in [0.2, 0.25) is 5.91 Å². The Labute approximate surface area is 238 Å². The second-order valence-corrected chi connectivity index (χ2v) is 10.3. The molecule has 1 amide bonds. The zero-order valence-corrected chi connectivity index (χ0v) is 22.7. The number of nitrogens with zero attached hydrogens (tertiary/aromatic N) is 1. The van der Waals surface area contributed by atoms with Crippen LogP contribution in [-0.4, -0.2) is 16.7 Å². The van der Waals surface area contributed by atoms with Crippen molar-refractivity contribution in [3.63, 3.8) is 0 Å². The molecule has 4 aromatic carbocycles. The zero-order valence-electron chi connectivity index (χ0n) is 22.7. The summed E-state index contributed by atoms with van der Waals surface area (Å²) in [6, 6.07) is 28.6. The van der Waals surface area contributed by atoms with Gasteiger partial charge in [-0.15, -0.1) is 0 Å². The van der Waals surface area contributed by atoms with E-state index in [1.807, 2.05) is 84.9 Å². The van der Waals surface area contributed by atoms with Crippen molar-refractivity contribution < 1.29 is 9.59 Å². The lowest BCUT2D eigenvalue weighted by atomic mass is 9.80. The molecule has 0 spiro atoms. The summed E-state index contributed by atoms with van der Waals surface area (Å²) in [7, 11) is 0. The number of aromatic nitrogens is 1. The highest BCUT2D eigenvalue weighted by atomic mass is 16.1. The monoisotopic (exact) mass is 538 g/mol. The van der Waals surface area contributed by atoms with Crippen LogP contribution in [0.5, 0.6) is 0 Å². The van der Waals surface area contributed by atoms with Gasteiger partial charge in [0.1, 0.15) is 5.82 Å². The Morgan fingerprint density at radius 3 is 2.15 bits per heavy atom. The van der Waals surface area contributed by atoms with Crippen LogP contribution in [0.3, 0.4) is 0 Å². The van der Waals surface area contributed by atoms with Crippen molar-refractivity contribution in [1.29, 1.82) is 0 Å². The van der Waals surface area contributed by atoms with Gasteiger partial charge in [0, 0.05) is 34.1 Å². The zero-order chi connectivity index (χ0) is 28.7. The second kappa shape index (κ2) is 10.4. The Balaban J connectivity index is 1.76. The number of hydrogen-bond acceptors (Lipinski definition) is 5. The third kappa shape index (κ3) is 4.25. The minimum absolute atomic E-state index is 0.192. The van der Waals surface area contributed by atoms with E-state index in [0.29, 0.717) is 45.7 Å². The van der Waals surface area contributed by atoms with Crippen LogP contribution in [-0.2, 0) is 11.2 Å². The average molecular weight is 539 g/mol. The first kappa shape index (κ1) is 26.0. The summed E-state index contributed by atoms with van der Waals surface area (Å²) in [5, 5.41) is 0. The number of carbonyl (C=O) groups excluding carboxylic acids is 2. The van der Waals surface area contributed by atoms with E-state index >= 15 is 0 Å². The molecule has 0 fully saturated rings. The van der Waals surface area contributed by atoms with Crippen LogP contribution in [0.25, 0.3) is 33.4 Å². The molecule has 1 aromatic heterocycles. The Morgan fingerprint density at radius 2 is 1.46 bits per heavy atom. The molecule has 202 valence electrons. The minimum Gasteiger partial charge on any atom is -0.398 e. The fourth-order valence-corrected chi connectivity index (χ4v) is 6.15. The average Bonchev–Trinajstić information content (AvgIpc) is 3.34. The molecular weight excluding hydrogens is 508 g/mol. The number of fused-ring (bicyclic) bond motifs is 3. The number of carbonyl (C=O) groups is 2. The van der Waals surface area contributed by atoms with Crippen molar-refractivity contribution in [2.45, 2.75) is 25.7 Å². The van der Waals surface area contributed by atoms with Crippen molar-refractivity contribution in [3.8, 4) is 33.4 Å². The molecule has 6 heteroatoms. The lowest BCUT2D eigenvalue weighted by molar-refractivity contribution is -0.118. The molecule has 1 atom stereocenters. The number of nitrogens with two attached hydrogens (primary N) is 3. The number of hydrogen-bond donors (Lipinski definition) is 3. The third-order valence-electron chi connectivity index (χ3n) is 7.86. The van der Waals surface area contributed by atoms with Gasteiger partial charge in [-0.3, -0.25) is 9.59 Å². The van der Waals surface area contributed by atoms with E-state index in [1.54, 1.807) is 12.3 Å². The van der Waals surface area contributed by atoms with Crippen LogP contribution < -0.4 is 17.2 Å². The van der Waals surface area contributed by atoms with Crippen molar-refractivity contribution in [2.75, 3.05) is 11.5 Å². The van der Waals surface area contributed by atoms with Crippen LogP contribution in [0.2, 0.25) is 0 Å². The normalized spacial score (nSPS) is 13.4. The highest BCUT2D eigenvalue weighted by Crippen LogP contribution is 2.53. The van der Waals surface area contributed by atoms with Gasteiger partial charge in [-0.1, -0.05) is 92.2 Å². The summed E-state index contributed by atoms with van der Waals surface area (Å²) >= 11 is 0. The van der Waals surface area contributed by atoms with E-state index < -0.39 is 11.8 Å². The summed E-state index contributed by atoms with van der Waals surface area (Å²) in [6.45, 7) is 2.06. The lowest BCUT2D eigenvalue weighted by Crippen LogP contribution is -2.23. The molecule has 1 unspecified atom stereocenters. The van der Waals surface area contributed by atoms with Crippen LogP contribution in [0.4, 0.5) is 11.5 Å². The Kier molecular flexibility index (Phi) is 6.59. The van der Waals surface area contributed by atoms with E-state index in [9.17, 15) is 9.59 Å². The predicted molar refractivity (Wildman–Crippen MR) is 164 cm³/mol. The first-order valence-electron chi connectivity index (χ1n) is 13.7. The number of ketones is 1. The van der Waals surface area contributed by atoms with Crippen LogP contribution in [0.15, 0.2) is 97.2 Å². The molecule has 0 radical (unpaired) electrons. The summed E-state index contributed by atoms with van der Waals surface area (Å²) in [5.41, 5.74) is 27.3. The molecule has 1 aliphatic carbocycles. The van der Waals surface area contributed by atoms with E-state index in [1.165, 1.54) is 0 Å². The van der Waals surface area contributed by atoms with Gasteiger partial charge in [-0.25, -0.2) is 4.98 Å². The summed E-state index contributed by atoms with van der Waals surface area (Å²) in [6.07, 6.45) is 3.06. The van der Waals surface area contributed by atoms with E-state index in [4.69, 9.17) is 17.2 Å². The standard InChI is InChI=1S/C35H30N4O2/c1-2-10-26-30-29(23-14-7-8-15-24(23)31(30)35(38)41)32(28(33(26)37)21-17-18-27(36)39-19-21)34(40)25-16-9-6-13-22(25)20-11-4-3-5-12-20/h3-9,11-19,31H,2,10,37H2,1H3,(H2,36,39)(H2,38,41). The minimum atomic E-state index is -0.709. The first-order chi connectivity index (χ1) is 19.9. The largest absolute Gasteiger partial charge is 0.398 e. The smallest absolute Gasteiger partial charge is 0.229 e. The summed E-state index contributed by atoms with van der Waals surface area (Å²) in [5.74, 6) is -1.01. The number of pyridine rings is 1. The van der Waals surface area contributed by atoms with Gasteiger partial charge >= 0.3 is 0 Å². The van der Waals surface area contributed by atoms with Gasteiger partial charge in [-0.05, 0) is 57.5 Å². The molecule has 1 heterocycles. The Morgan fingerprint density at radius 1 is 0.780 bits per heavy atom. The molecule has 1 aliphatic rings. The van der Waals surface area contributed by atoms with Crippen LogP contribution in [0, 0.1) is 0 Å².